The number of benzene rings is 1. The summed E-state index contributed by atoms with van der Waals surface area (Å²) < 4.78 is 10.8. The van der Waals surface area contributed by atoms with Crippen LogP contribution in [0.25, 0.3) is 0 Å². The van der Waals surface area contributed by atoms with E-state index in [1.807, 2.05) is 52.0 Å². The first-order valence-electron chi connectivity index (χ1n) is 6.43. The monoisotopic (exact) mass is 250 g/mol. The number of ether oxygens (including phenoxy) is 2. The third-order valence-corrected chi connectivity index (χ3v) is 2.30. The van der Waals surface area contributed by atoms with Gasteiger partial charge in [-0.3, -0.25) is 4.79 Å². The van der Waals surface area contributed by atoms with Crippen molar-refractivity contribution in [2.75, 3.05) is 0 Å². The normalized spacial score (nSPS) is 10.8. The van der Waals surface area contributed by atoms with Gasteiger partial charge >= 0.3 is 5.97 Å². The molecule has 0 saturated heterocycles. The standard InChI is InChI=1S/C15H22O3/c1-11(2)17-14-8-6-5-7-13(14)9-10-15(16)18-12(3)4/h5-8,11-12H,9-10H2,1-4H3. The Labute approximate surface area is 109 Å². The molecule has 0 spiro atoms. The van der Waals surface area contributed by atoms with Crippen LogP contribution in [0.5, 0.6) is 5.75 Å². The molecule has 1 aromatic carbocycles. The van der Waals surface area contributed by atoms with Gasteiger partial charge in [-0.2, -0.15) is 0 Å². The summed E-state index contributed by atoms with van der Waals surface area (Å²) in [6.45, 7) is 7.69. The van der Waals surface area contributed by atoms with E-state index in [0.717, 1.165) is 11.3 Å². The zero-order valence-electron chi connectivity index (χ0n) is 11.6. The van der Waals surface area contributed by atoms with Gasteiger partial charge in [-0.05, 0) is 45.7 Å². The minimum absolute atomic E-state index is 0.0559. The molecule has 0 aliphatic carbocycles. The summed E-state index contributed by atoms with van der Waals surface area (Å²) >= 11 is 0. The van der Waals surface area contributed by atoms with Crippen molar-refractivity contribution < 1.29 is 14.3 Å². The quantitative estimate of drug-likeness (QED) is 0.726. The molecule has 1 aromatic rings. The maximum absolute atomic E-state index is 11.5. The van der Waals surface area contributed by atoms with Crippen LogP contribution in [-0.2, 0) is 16.0 Å². The van der Waals surface area contributed by atoms with Gasteiger partial charge in [0.25, 0.3) is 0 Å². The maximum atomic E-state index is 11.5. The van der Waals surface area contributed by atoms with Crippen molar-refractivity contribution in [3.63, 3.8) is 0 Å². The second-order valence-corrected chi connectivity index (χ2v) is 4.81. The van der Waals surface area contributed by atoms with Crippen LogP contribution in [0, 0.1) is 0 Å². The van der Waals surface area contributed by atoms with Crippen molar-refractivity contribution in [1.82, 2.24) is 0 Å². The molecule has 18 heavy (non-hydrogen) atoms. The summed E-state index contributed by atoms with van der Waals surface area (Å²) in [5, 5.41) is 0. The number of hydrogen-bond donors (Lipinski definition) is 0. The first-order chi connectivity index (χ1) is 8.49. The van der Waals surface area contributed by atoms with Gasteiger partial charge in [0, 0.05) is 6.42 Å². The van der Waals surface area contributed by atoms with Crippen LogP contribution in [0.2, 0.25) is 0 Å². The summed E-state index contributed by atoms with van der Waals surface area (Å²) in [6.07, 6.45) is 1.11. The first-order valence-corrected chi connectivity index (χ1v) is 6.43. The van der Waals surface area contributed by atoms with Gasteiger partial charge < -0.3 is 9.47 Å². The lowest BCUT2D eigenvalue weighted by Gasteiger charge is -2.14. The van der Waals surface area contributed by atoms with Crippen molar-refractivity contribution in [3.8, 4) is 5.75 Å². The molecule has 0 heterocycles. The van der Waals surface area contributed by atoms with Gasteiger partial charge in [-0.25, -0.2) is 0 Å². The van der Waals surface area contributed by atoms with E-state index in [1.165, 1.54) is 0 Å². The number of esters is 1. The van der Waals surface area contributed by atoms with Gasteiger partial charge in [-0.1, -0.05) is 18.2 Å². The molecule has 0 amide bonds. The molecule has 3 nitrogen and oxygen atoms in total. The van der Waals surface area contributed by atoms with E-state index in [0.29, 0.717) is 12.8 Å². The average molecular weight is 250 g/mol. The average Bonchev–Trinajstić information content (AvgIpc) is 2.26. The Morgan fingerprint density at radius 1 is 1.11 bits per heavy atom. The van der Waals surface area contributed by atoms with Crippen LogP contribution < -0.4 is 4.74 Å². The molecule has 0 unspecified atom stereocenters. The molecule has 0 aliphatic heterocycles. The minimum atomic E-state index is -0.163. The topological polar surface area (TPSA) is 35.5 Å². The third-order valence-electron chi connectivity index (χ3n) is 2.30. The number of hydrogen-bond acceptors (Lipinski definition) is 3. The second-order valence-electron chi connectivity index (χ2n) is 4.81. The molecule has 0 saturated carbocycles. The fraction of sp³-hybridized carbons (Fsp3) is 0.533. The van der Waals surface area contributed by atoms with Crippen LogP contribution in [0.3, 0.4) is 0 Å². The first kappa shape index (κ1) is 14.6. The van der Waals surface area contributed by atoms with Gasteiger partial charge in [0.1, 0.15) is 5.75 Å². The van der Waals surface area contributed by atoms with Crippen LogP contribution in [0.1, 0.15) is 39.7 Å². The number of para-hydroxylation sites is 1. The molecule has 100 valence electrons. The molecule has 0 atom stereocenters. The van der Waals surface area contributed by atoms with E-state index >= 15 is 0 Å². The zero-order chi connectivity index (χ0) is 13.5. The zero-order valence-corrected chi connectivity index (χ0v) is 11.6. The van der Waals surface area contributed by atoms with E-state index in [4.69, 9.17) is 9.47 Å². The molecule has 3 heteroatoms. The second kappa shape index (κ2) is 7.04. The lowest BCUT2D eigenvalue weighted by Crippen LogP contribution is -2.12. The largest absolute Gasteiger partial charge is 0.491 e. The van der Waals surface area contributed by atoms with Crippen LogP contribution in [-0.4, -0.2) is 18.2 Å². The van der Waals surface area contributed by atoms with Gasteiger partial charge in [0.2, 0.25) is 0 Å². The third kappa shape index (κ3) is 5.21. The van der Waals surface area contributed by atoms with Crippen LogP contribution in [0.4, 0.5) is 0 Å². The fourth-order valence-corrected chi connectivity index (χ4v) is 1.64. The Kier molecular flexibility index (Phi) is 5.69. The SMILES string of the molecule is CC(C)OC(=O)CCc1ccccc1OC(C)C. The molecule has 0 aromatic heterocycles. The van der Waals surface area contributed by atoms with E-state index in [-0.39, 0.29) is 18.2 Å². The summed E-state index contributed by atoms with van der Waals surface area (Å²) in [4.78, 5) is 11.5. The van der Waals surface area contributed by atoms with E-state index in [1.54, 1.807) is 0 Å². The Hall–Kier alpha value is -1.51. The van der Waals surface area contributed by atoms with Crippen molar-refractivity contribution in [3.05, 3.63) is 29.8 Å². The molecule has 0 fully saturated rings. The van der Waals surface area contributed by atoms with Crippen molar-refractivity contribution in [2.45, 2.75) is 52.7 Å². The van der Waals surface area contributed by atoms with Crippen LogP contribution >= 0.6 is 0 Å². The Balaban J connectivity index is 2.58. The van der Waals surface area contributed by atoms with Crippen molar-refractivity contribution >= 4 is 5.97 Å². The molecule has 0 radical (unpaired) electrons. The number of rotatable bonds is 6. The highest BCUT2D eigenvalue weighted by molar-refractivity contribution is 5.70. The number of carbonyl (C=O) groups is 1. The minimum Gasteiger partial charge on any atom is -0.491 e. The lowest BCUT2D eigenvalue weighted by atomic mass is 10.1. The van der Waals surface area contributed by atoms with Gasteiger partial charge in [0.15, 0.2) is 0 Å². The number of aryl methyl sites for hydroxylation is 1. The Bertz CT molecular complexity index is 383. The lowest BCUT2D eigenvalue weighted by molar-refractivity contribution is -0.147. The molecule has 1 rings (SSSR count). The molecule has 0 aliphatic rings. The van der Waals surface area contributed by atoms with E-state index in [2.05, 4.69) is 0 Å². The smallest absolute Gasteiger partial charge is 0.306 e. The maximum Gasteiger partial charge on any atom is 0.306 e. The van der Waals surface area contributed by atoms with Gasteiger partial charge in [-0.15, -0.1) is 0 Å². The summed E-state index contributed by atoms with van der Waals surface area (Å²) in [7, 11) is 0. The molecule has 0 N–H and O–H groups in total. The fourth-order valence-electron chi connectivity index (χ4n) is 1.64. The predicted molar refractivity (Wildman–Crippen MR) is 71.8 cm³/mol. The van der Waals surface area contributed by atoms with Crippen molar-refractivity contribution in [1.29, 1.82) is 0 Å². The summed E-state index contributed by atoms with van der Waals surface area (Å²) in [5.74, 6) is 0.689. The summed E-state index contributed by atoms with van der Waals surface area (Å²) in [6, 6.07) is 7.81. The van der Waals surface area contributed by atoms with E-state index in [9.17, 15) is 4.79 Å². The highest BCUT2D eigenvalue weighted by atomic mass is 16.5. The van der Waals surface area contributed by atoms with Crippen molar-refractivity contribution in [2.24, 2.45) is 0 Å². The van der Waals surface area contributed by atoms with Gasteiger partial charge in [0.05, 0.1) is 12.2 Å². The molecular weight excluding hydrogens is 228 g/mol. The molecule has 0 bridgehead atoms. The summed E-state index contributed by atoms with van der Waals surface area (Å²) in [5.41, 5.74) is 1.05. The van der Waals surface area contributed by atoms with E-state index < -0.39 is 0 Å². The highest BCUT2D eigenvalue weighted by Crippen LogP contribution is 2.21. The highest BCUT2D eigenvalue weighted by Gasteiger charge is 2.09. The Morgan fingerprint density at radius 2 is 1.78 bits per heavy atom. The Morgan fingerprint density at radius 3 is 2.39 bits per heavy atom. The number of carbonyl (C=O) groups excluding carboxylic acids is 1. The predicted octanol–water partition coefficient (Wildman–Crippen LogP) is 3.36. The molecular formula is C15H22O3. The van der Waals surface area contributed by atoms with Crippen LogP contribution in [0.15, 0.2) is 24.3 Å².